The number of aromatic nitrogens is 3. The summed E-state index contributed by atoms with van der Waals surface area (Å²) in [5, 5.41) is 10.1. The van der Waals surface area contributed by atoms with E-state index in [1.165, 1.54) is 0 Å². The molecule has 0 spiro atoms. The highest BCUT2D eigenvalue weighted by Crippen LogP contribution is 2.34. The number of fused-ring (bicyclic) bond motifs is 1. The summed E-state index contributed by atoms with van der Waals surface area (Å²) in [6, 6.07) is 7.93. The lowest BCUT2D eigenvalue weighted by molar-refractivity contribution is 0.415. The molecular formula is C12H13N3OS. The zero-order valence-electron chi connectivity index (χ0n) is 9.75. The first kappa shape index (κ1) is 10.7. The van der Waals surface area contributed by atoms with E-state index in [2.05, 4.69) is 21.7 Å². The summed E-state index contributed by atoms with van der Waals surface area (Å²) in [6.07, 6.45) is 0. The van der Waals surface area contributed by atoms with E-state index in [-0.39, 0.29) is 0 Å². The van der Waals surface area contributed by atoms with E-state index < -0.39 is 0 Å². The first-order chi connectivity index (χ1) is 8.28. The summed E-state index contributed by atoms with van der Waals surface area (Å²) >= 11 is 1.77. The van der Waals surface area contributed by atoms with Crippen LogP contribution in [0.4, 0.5) is 0 Å². The fourth-order valence-corrected chi connectivity index (χ4v) is 2.95. The van der Waals surface area contributed by atoms with E-state index in [9.17, 15) is 0 Å². The van der Waals surface area contributed by atoms with E-state index in [1.54, 1.807) is 18.9 Å². The Morgan fingerprint density at radius 3 is 3.12 bits per heavy atom. The van der Waals surface area contributed by atoms with E-state index in [0.717, 1.165) is 28.8 Å². The van der Waals surface area contributed by atoms with Gasteiger partial charge in [-0.15, -0.1) is 10.2 Å². The van der Waals surface area contributed by atoms with Gasteiger partial charge in [0.25, 0.3) is 0 Å². The molecule has 1 aromatic carbocycles. The summed E-state index contributed by atoms with van der Waals surface area (Å²) in [7, 11) is 1.67. The molecule has 0 aliphatic carbocycles. The Morgan fingerprint density at radius 2 is 2.29 bits per heavy atom. The first-order valence-electron chi connectivity index (χ1n) is 5.52. The summed E-state index contributed by atoms with van der Waals surface area (Å²) in [6.45, 7) is 3.17. The molecule has 88 valence electrons. The molecule has 2 aromatic rings. The fraction of sp³-hybridized carbons (Fsp3) is 0.333. The highest BCUT2D eigenvalue weighted by atomic mass is 32.2. The molecule has 17 heavy (non-hydrogen) atoms. The molecular weight excluding hydrogens is 234 g/mol. The molecule has 0 amide bonds. The van der Waals surface area contributed by atoms with Crippen LogP contribution in [0.25, 0.3) is 11.4 Å². The molecule has 2 heterocycles. The van der Waals surface area contributed by atoms with Gasteiger partial charge in [-0.1, -0.05) is 30.8 Å². The second kappa shape index (κ2) is 4.07. The fourth-order valence-electron chi connectivity index (χ4n) is 1.99. The van der Waals surface area contributed by atoms with Crippen molar-refractivity contribution < 1.29 is 4.74 Å². The van der Waals surface area contributed by atoms with E-state index in [4.69, 9.17) is 4.74 Å². The van der Waals surface area contributed by atoms with Crippen LogP contribution in [0.15, 0.2) is 29.4 Å². The Kier molecular flexibility index (Phi) is 2.55. The average molecular weight is 247 g/mol. The highest BCUT2D eigenvalue weighted by molar-refractivity contribution is 7.99. The van der Waals surface area contributed by atoms with Crippen molar-refractivity contribution in [2.45, 2.75) is 23.9 Å². The topological polar surface area (TPSA) is 39.9 Å². The third-order valence-electron chi connectivity index (χ3n) is 2.79. The van der Waals surface area contributed by atoms with E-state index in [0.29, 0.717) is 5.25 Å². The van der Waals surface area contributed by atoms with Crippen LogP contribution in [0.3, 0.4) is 0 Å². The molecule has 1 aliphatic heterocycles. The maximum Gasteiger partial charge on any atom is 0.191 e. The number of hydrogen-bond acceptors (Lipinski definition) is 4. The van der Waals surface area contributed by atoms with Crippen LogP contribution in [0.2, 0.25) is 0 Å². The Bertz CT molecular complexity index is 552. The Morgan fingerprint density at radius 1 is 1.41 bits per heavy atom. The second-order valence-electron chi connectivity index (χ2n) is 4.08. The van der Waals surface area contributed by atoms with Crippen LogP contribution in [0.1, 0.15) is 6.92 Å². The van der Waals surface area contributed by atoms with Gasteiger partial charge in [0.1, 0.15) is 5.75 Å². The third-order valence-corrected chi connectivity index (χ3v) is 3.86. The minimum absolute atomic E-state index is 0.574. The number of benzene rings is 1. The Labute approximate surface area is 104 Å². The molecule has 0 N–H and O–H groups in total. The maximum absolute atomic E-state index is 5.23. The number of thioether (sulfide) groups is 1. The van der Waals surface area contributed by atoms with Crippen molar-refractivity contribution in [2.24, 2.45) is 0 Å². The monoisotopic (exact) mass is 247 g/mol. The van der Waals surface area contributed by atoms with Crippen LogP contribution < -0.4 is 4.74 Å². The van der Waals surface area contributed by atoms with Gasteiger partial charge in [0, 0.05) is 17.4 Å². The lowest BCUT2D eigenvalue weighted by Gasteiger charge is -2.05. The van der Waals surface area contributed by atoms with E-state index in [1.807, 2.05) is 24.3 Å². The number of rotatable bonds is 2. The maximum atomic E-state index is 5.23. The van der Waals surface area contributed by atoms with Crippen LogP contribution >= 0.6 is 11.8 Å². The second-order valence-corrected chi connectivity index (χ2v) is 5.48. The molecule has 1 aromatic heterocycles. The van der Waals surface area contributed by atoms with Crippen LogP contribution in [-0.4, -0.2) is 27.1 Å². The average Bonchev–Trinajstić information content (AvgIpc) is 2.87. The highest BCUT2D eigenvalue weighted by Gasteiger charge is 2.24. The predicted octanol–water partition coefficient (Wildman–Crippen LogP) is 2.45. The van der Waals surface area contributed by atoms with Gasteiger partial charge in [-0.25, -0.2) is 0 Å². The molecule has 0 saturated carbocycles. The van der Waals surface area contributed by atoms with E-state index >= 15 is 0 Å². The van der Waals surface area contributed by atoms with Crippen molar-refractivity contribution in [1.29, 1.82) is 0 Å². The van der Waals surface area contributed by atoms with Crippen molar-refractivity contribution in [2.75, 3.05) is 7.11 Å². The van der Waals surface area contributed by atoms with Gasteiger partial charge in [-0.3, -0.25) is 0 Å². The summed E-state index contributed by atoms with van der Waals surface area (Å²) in [4.78, 5) is 0. The SMILES string of the molecule is COc1cccc(-c2nnc3n2CC(C)S3)c1. The summed E-state index contributed by atoms with van der Waals surface area (Å²) in [5.74, 6) is 1.77. The minimum atomic E-state index is 0.574. The molecule has 0 radical (unpaired) electrons. The number of nitrogens with zero attached hydrogens (tertiary/aromatic N) is 3. The molecule has 1 atom stereocenters. The smallest absolute Gasteiger partial charge is 0.191 e. The van der Waals surface area contributed by atoms with Crippen LogP contribution in [-0.2, 0) is 6.54 Å². The third kappa shape index (κ3) is 1.80. The van der Waals surface area contributed by atoms with Gasteiger partial charge in [-0.05, 0) is 12.1 Å². The number of hydrogen-bond donors (Lipinski definition) is 0. The molecule has 5 heteroatoms. The van der Waals surface area contributed by atoms with Crippen molar-refractivity contribution in [3.05, 3.63) is 24.3 Å². The van der Waals surface area contributed by atoms with Gasteiger partial charge in [0.05, 0.1) is 7.11 Å². The van der Waals surface area contributed by atoms with Gasteiger partial charge < -0.3 is 9.30 Å². The Balaban J connectivity index is 2.04. The van der Waals surface area contributed by atoms with Crippen molar-refractivity contribution in [1.82, 2.24) is 14.8 Å². The molecule has 1 aliphatic rings. The van der Waals surface area contributed by atoms with Gasteiger partial charge in [-0.2, -0.15) is 0 Å². The lowest BCUT2D eigenvalue weighted by Crippen LogP contribution is -2.02. The molecule has 0 bridgehead atoms. The number of methoxy groups -OCH3 is 1. The molecule has 1 unspecified atom stereocenters. The van der Waals surface area contributed by atoms with Crippen LogP contribution in [0.5, 0.6) is 5.75 Å². The standard InChI is InChI=1S/C12H13N3OS/c1-8-7-15-11(13-14-12(15)17-8)9-4-3-5-10(6-9)16-2/h3-6,8H,7H2,1-2H3. The largest absolute Gasteiger partial charge is 0.497 e. The molecule has 0 saturated heterocycles. The van der Waals surface area contributed by atoms with Crippen LogP contribution in [0, 0.1) is 0 Å². The summed E-state index contributed by atoms with van der Waals surface area (Å²) < 4.78 is 7.40. The van der Waals surface area contributed by atoms with Gasteiger partial charge in [0.2, 0.25) is 0 Å². The summed E-state index contributed by atoms with van der Waals surface area (Å²) in [5.41, 5.74) is 1.05. The number of ether oxygens (including phenoxy) is 1. The zero-order valence-corrected chi connectivity index (χ0v) is 10.6. The van der Waals surface area contributed by atoms with Gasteiger partial charge >= 0.3 is 0 Å². The quantitative estimate of drug-likeness (QED) is 0.817. The zero-order chi connectivity index (χ0) is 11.8. The van der Waals surface area contributed by atoms with Crippen molar-refractivity contribution >= 4 is 11.8 Å². The minimum Gasteiger partial charge on any atom is -0.497 e. The lowest BCUT2D eigenvalue weighted by atomic mass is 10.2. The normalized spacial score (nSPS) is 18.1. The Hall–Kier alpha value is -1.49. The van der Waals surface area contributed by atoms with Gasteiger partial charge in [0.15, 0.2) is 11.0 Å². The molecule has 3 rings (SSSR count). The first-order valence-corrected chi connectivity index (χ1v) is 6.40. The molecule has 0 fully saturated rings. The van der Waals surface area contributed by atoms with Crippen molar-refractivity contribution in [3.63, 3.8) is 0 Å². The van der Waals surface area contributed by atoms with Crippen molar-refractivity contribution in [3.8, 4) is 17.1 Å². The predicted molar refractivity (Wildman–Crippen MR) is 67.3 cm³/mol. The molecule has 4 nitrogen and oxygen atoms in total.